The Morgan fingerprint density at radius 2 is 2.29 bits per heavy atom. The second-order valence-electron chi connectivity index (χ2n) is 3.45. The SMILES string of the molecule is COc1ccccc1C1(C)C[C]=NO1. The van der Waals surface area contributed by atoms with Gasteiger partial charge >= 0.3 is 0 Å². The molecular weight excluding hydrogens is 178 g/mol. The zero-order chi connectivity index (χ0) is 10.0. The number of benzene rings is 1. The minimum Gasteiger partial charge on any atom is -0.496 e. The standard InChI is InChI=1S/C11H12NO2/c1-11(7-8-12-14-11)9-5-3-4-6-10(9)13-2/h3-6H,7H2,1-2H3. The van der Waals surface area contributed by atoms with Crippen molar-refractivity contribution in [3.05, 3.63) is 29.8 Å². The zero-order valence-electron chi connectivity index (χ0n) is 8.28. The first-order valence-corrected chi connectivity index (χ1v) is 4.51. The van der Waals surface area contributed by atoms with Crippen LogP contribution in [0.3, 0.4) is 0 Å². The Kier molecular flexibility index (Phi) is 2.15. The summed E-state index contributed by atoms with van der Waals surface area (Å²) in [5.41, 5.74) is 0.586. The van der Waals surface area contributed by atoms with Crippen LogP contribution in [0.25, 0.3) is 0 Å². The number of rotatable bonds is 2. The van der Waals surface area contributed by atoms with Crippen LogP contribution in [0.2, 0.25) is 0 Å². The van der Waals surface area contributed by atoms with Gasteiger partial charge < -0.3 is 9.57 Å². The summed E-state index contributed by atoms with van der Waals surface area (Å²) in [7, 11) is 1.65. The maximum absolute atomic E-state index is 5.30. The summed E-state index contributed by atoms with van der Waals surface area (Å²) in [5.74, 6) is 0.828. The van der Waals surface area contributed by atoms with Gasteiger partial charge in [-0.25, -0.2) is 0 Å². The Morgan fingerprint density at radius 3 is 2.93 bits per heavy atom. The van der Waals surface area contributed by atoms with Crippen molar-refractivity contribution in [3.8, 4) is 5.75 Å². The van der Waals surface area contributed by atoms with Crippen molar-refractivity contribution in [3.63, 3.8) is 0 Å². The molecule has 14 heavy (non-hydrogen) atoms. The van der Waals surface area contributed by atoms with Crippen molar-refractivity contribution in [2.75, 3.05) is 7.11 Å². The third kappa shape index (κ3) is 1.35. The molecule has 0 saturated heterocycles. The van der Waals surface area contributed by atoms with Gasteiger partial charge in [0.1, 0.15) is 12.0 Å². The van der Waals surface area contributed by atoms with Crippen molar-refractivity contribution in [1.29, 1.82) is 0 Å². The van der Waals surface area contributed by atoms with Crippen molar-refractivity contribution >= 4 is 6.21 Å². The molecule has 1 heterocycles. The van der Waals surface area contributed by atoms with E-state index in [2.05, 4.69) is 11.4 Å². The quantitative estimate of drug-likeness (QED) is 0.715. The Morgan fingerprint density at radius 1 is 1.50 bits per heavy atom. The highest BCUT2D eigenvalue weighted by atomic mass is 16.7. The summed E-state index contributed by atoms with van der Waals surface area (Å²) in [6, 6.07) is 7.81. The molecule has 1 aromatic carbocycles. The van der Waals surface area contributed by atoms with E-state index in [1.54, 1.807) is 7.11 Å². The van der Waals surface area contributed by atoms with Crippen molar-refractivity contribution in [2.24, 2.45) is 5.16 Å². The van der Waals surface area contributed by atoms with Gasteiger partial charge in [-0.15, -0.1) is 0 Å². The van der Waals surface area contributed by atoms with E-state index in [4.69, 9.17) is 9.57 Å². The minimum atomic E-state index is -0.424. The average molecular weight is 190 g/mol. The van der Waals surface area contributed by atoms with Crippen molar-refractivity contribution in [1.82, 2.24) is 0 Å². The summed E-state index contributed by atoms with van der Waals surface area (Å²) in [6.07, 6.45) is 3.47. The van der Waals surface area contributed by atoms with Crippen LogP contribution in [0, 0.1) is 0 Å². The predicted octanol–water partition coefficient (Wildman–Crippen LogP) is 2.19. The number of hydrogen-bond acceptors (Lipinski definition) is 3. The summed E-state index contributed by atoms with van der Waals surface area (Å²) in [6.45, 7) is 1.98. The third-order valence-electron chi connectivity index (χ3n) is 2.40. The highest BCUT2D eigenvalue weighted by Crippen LogP contribution is 2.37. The molecule has 0 N–H and O–H groups in total. The Hall–Kier alpha value is -1.51. The lowest BCUT2D eigenvalue weighted by atomic mass is 9.92. The Balaban J connectivity index is 2.40. The molecule has 0 amide bonds. The summed E-state index contributed by atoms with van der Waals surface area (Å²) < 4.78 is 5.27. The first-order chi connectivity index (χ1) is 6.76. The van der Waals surface area contributed by atoms with Crippen LogP contribution in [0.1, 0.15) is 18.9 Å². The molecule has 3 heteroatoms. The minimum absolute atomic E-state index is 0.424. The van der Waals surface area contributed by atoms with Gasteiger partial charge in [0.2, 0.25) is 0 Å². The number of para-hydroxylation sites is 1. The van der Waals surface area contributed by atoms with Crippen LogP contribution >= 0.6 is 0 Å². The van der Waals surface area contributed by atoms with E-state index in [9.17, 15) is 0 Å². The van der Waals surface area contributed by atoms with Crippen LogP contribution in [0.15, 0.2) is 29.4 Å². The molecule has 1 aromatic rings. The molecule has 0 aliphatic carbocycles. The van der Waals surface area contributed by atoms with E-state index in [1.165, 1.54) is 0 Å². The van der Waals surface area contributed by atoms with E-state index in [-0.39, 0.29) is 0 Å². The largest absolute Gasteiger partial charge is 0.496 e. The molecule has 0 spiro atoms. The maximum Gasteiger partial charge on any atom is 0.169 e. The molecule has 1 radical (unpaired) electrons. The van der Waals surface area contributed by atoms with Crippen molar-refractivity contribution < 1.29 is 9.57 Å². The van der Waals surface area contributed by atoms with Crippen LogP contribution in [-0.4, -0.2) is 13.3 Å². The molecule has 0 bridgehead atoms. The normalized spacial score (nSPS) is 24.7. The van der Waals surface area contributed by atoms with Gasteiger partial charge in [-0.1, -0.05) is 23.4 Å². The number of nitrogens with zero attached hydrogens (tertiary/aromatic N) is 1. The highest BCUT2D eigenvalue weighted by Gasteiger charge is 2.34. The van der Waals surface area contributed by atoms with Crippen LogP contribution < -0.4 is 4.74 Å². The van der Waals surface area contributed by atoms with Crippen LogP contribution in [0.4, 0.5) is 0 Å². The lowest BCUT2D eigenvalue weighted by Crippen LogP contribution is -2.21. The van der Waals surface area contributed by atoms with Gasteiger partial charge in [-0.05, 0) is 13.0 Å². The fraction of sp³-hybridized carbons (Fsp3) is 0.364. The predicted molar refractivity (Wildman–Crippen MR) is 53.5 cm³/mol. The molecule has 1 aliphatic heterocycles. The molecular formula is C11H12NO2. The second kappa shape index (κ2) is 3.33. The number of methoxy groups -OCH3 is 1. The van der Waals surface area contributed by atoms with Gasteiger partial charge in [0.05, 0.1) is 7.11 Å². The van der Waals surface area contributed by atoms with E-state index in [1.807, 2.05) is 31.2 Å². The Bertz CT molecular complexity index is 352. The summed E-state index contributed by atoms with van der Waals surface area (Å²) >= 11 is 0. The molecule has 0 saturated carbocycles. The van der Waals surface area contributed by atoms with Gasteiger partial charge in [-0.3, -0.25) is 0 Å². The fourth-order valence-electron chi connectivity index (χ4n) is 1.57. The van der Waals surface area contributed by atoms with Gasteiger partial charge in [0, 0.05) is 12.0 Å². The third-order valence-corrected chi connectivity index (χ3v) is 2.40. The van der Waals surface area contributed by atoms with Crippen molar-refractivity contribution in [2.45, 2.75) is 18.9 Å². The van der Waals surface area contributed by atoms with E-state index < -0.39 is 5.60 Å². The average Bonchev–Trinajstić information content (AvgIpc) is 2.66. The fourth-order valence-corrected chi connectivity index (χ4v) is 1.57. The van der Waals surface area contributed by atoms with Crippen LogP contribution in [-0.2, 0) is 10.4 Å². The topological polar surface area (TPSA) is 30.8 Å². The van der Waals surface area contributed by atoms with Gasteiger partial charge in [0.25, 0.3) is 0 Å². The highest BCUT2D eigenvalue weighted by molar-refractivity contribution is 5.61. The number of ether oxygens (including phenoxy) is 1. The van der Waals surface area contributed by atoms with E-state index >= 15 is 0 Å². The first kappa shape index (κ1) is 9.06. The van der Waals surface area contributed by atoms with Gasteiger partial charge in [-0.2, -0.15) is 0 Å². The first-order valence-electron chi connectivity index (χ1n) is 4.51. The zero-order valence-corrected chi connectivity index (χ0v) is 8.28. The van der Waals surface area contributed by atoms with Crippen LogP contribution in [0.5, 0.6) is 5.75 Å². The monoisotopic (exact) mass is 190 g/mol. The molecule has 1 atom stereocenters. The Labute approximate surface area is 83.3 Å². The lowest BCUT2D eigenvalue weighted by Gasteiger charge is -2.23. The van der Waals surface area contributed by atoms with E-state index in [0.29, 0.717) is 6.42 Å². The number of hydrogen-bond donors (Lipinski definition) is 0. The molecule has 1 unspecified atom stereocenters. The smallest absolute Gasteiger partial charge is 0.169 e. The van der Waals surface area contributed by atoms with E-state index in [0.717, 1.165) is 11.3 Å². The second-order valence-corrected chi connectivity index (χ2v) is 3.45. The molecule has 1 aliphatic rings. The summed E-state index contributed by atoms with van der Waals surface area (Å²) in [5, 5.41) is 3.68. The molecule has 73 valence electrons. The lowest BCUT2D eigenvalue weighted by molar-refractivity contribution is -0.00899. The summed E-state index contributed by atoms with van der Waals surface area (Å²) in [4.78, 5) is 5.30. The van der Waals surface area contributed by atoms with Gasteiger partial charge in [0.15, 0.2) is 5.60 Å². The molecule has 2 rings (SSSR count). The molecule has 0 fully saturated rings. The maximum atomic E-state index is 5.30. The molecule has 0 aromatic heterocycles. The molecule has 3 nitrogen and oxygen atoms in total.